The summed E-state index contributed by atoms with van der Waals surface area (Å²) in [6, 6.07) is 18.8. The molecular formula is C26H36ClNO. The summed E-state index contributed by atoms with van der Waals surface area (Å²) in [6.07, 6.45) is 15.0. The van der Waals surface area contributed by atoms with Crippen molar-refractivity contribution in [1.82, 2.24) is 4.90 Å². The lowest BCUT2D eigenvalue weighted by Crippen LogP contribution is -2.30. The van der Waals surface area contributed by atoms with Gasteiger partial charge in [0.1, 0.15) is 5.75 Å². The third-order valence-electron chi connectivity index (χ3n) is 5.48. The highest BCUT2D eigenvalue weighted by Gasteiger charge is 2.08. The topological polar surface area (TPSA) is 12.5 Å². The summed E-state index contributed by atoms with van der Waals surface area (Å²) in [7, 11) is 0. The van der Waals surface area contributed by atoms with E-state index in [1.165, 1.54) is 75.7 Å². The molecule has 1 fully saturated rings. The zero-order chi connectivity index (χ0) is 19.3. The fourth-order valence-electron chi connectivity index (χ4n) is 3.77. The van der Waals surface area contributed by atoms with E-state index in [1.54, 1.807) is 0 Å². The van der Waals surface area contributed by atoms with E-state index < -0.39 is 0 Å². The number of hydrogen-bond donors (Lipinski definition) is 0. The van der Waals surface area contributed by atoms with Crippen LogP contribution in [-0.2, 0) is 0 Å². The zero-order valence-corrected chi connectivity index (χ0v) is 18.4. The molecule has 0 radical (unpaired) electrons. The van der Waals surface area contributed by atoms with Crippen molar-refractivity contribution < 1.29 is 4.74 Å². The van der Waals surface area contributed by atoms with Crippen LogP contribution in [0, 0.1) is 0 Å². The molecule has 29 heavy (non-hydrogen) atoms. The van der Waals surface area contributed by atoms with Crippen LogP contribution in [0.1, 0.15) is 62.5 Å². The number of halogens is 1. The van der Waals surface area contributed by atoms with Gasteiger partial charge in [-0.2, -0.15) is 0 Å². The van der Waals surface area contributed by atoms with Gasteiger partial charge < -0.3 is 9.64 Å². The Bertz CT molecular complexity index is 678. The van der Waals surface area contributed by atoms with Crippen LogP contribution in [-0.4, -0.2) is 31.1 Å². The van der Waals surface area contributed by atoms with Crippen LogP contribution in [0.15, 0.2) is 54.6 Å². The number of ether oxygens (including phenoxy) is 1. The summed E-state index contributed by atoms with van der Waals surface area (Å²) >= 11 is 0. The molecule has 0 saturated carbocycles. The van der Waals surface area contributed by atoms with Crippen molar-refractivity contribution in [3.8, 4) is 5.75 Å². The van der Waals surface area contributed by atoms with Gasteiger partial charge in [0.25, 0.3) is 0 Å². The number of rotatable bonds is 11. The molecule has 2 aromatic carbocycles. The molecule has 158 valence electrons. The quantitative estimate of drug-likeness (QED) is 0.288. The molecule has 0 N–H and O–H groups in total. The van der Waals surface area contributed by atoms with Gasteiger partial charge in [0.2, 0.25) is 0 Å². The number of hydrogen-bond acceptors (Lipinski definition) is 2. The maximum Gasteiger partial charge on any atom is 0.119 e. The number of likely N-dealkylation sites (tertiary alicyclic amines) is 1. The van der Waals surface area contributed by atoms with Crippen LogP contribution in [0.5, 0.6) is 5.75 Å². The minimum atomic E-state index is 0. The molecule has 0 bridgehead atoms. The van der Waals surface area contributed by atoms with E-state index in [4.69, 9.17) is 4.74 Å². The van der Waals surface area contributed by atoms with E-state index in [-0.39, 0.29) is 12.4 Å². The van der Waals surface area contributed by atoms with Gasteiger partial charge in [0.05, 0.1) is 6.61 Å². The molecule has 1 aliphatic heterocycles. The third-order valence-corrected chi connectivity index (χ3v) is 5.48. The molecule has 0 unspecified atom stereocenters. The Morgan fingerprint density at radius 1 is 0.690 bits per heavy atom. The van der Waals surface area contributed by atoms with Gasteiger partial charge in [-0.1, -0.05) is 80.3 Å². The Balaban J connectivity index is 0.00000300. The number of nitrogens with zero attached hydrogens (tertiary/aromatic N) is 1. The molecule has 1 heterocycles. The largest absolute Gasteiger partial charge is 0.494 e. The first-order valence-electron chi connectivity index (χ1n) is 11.1. The van der Waals surface area contributed by atoms with Gasteiger partial charge in [0, 0.05) is 0 Å². The number of benzene rings is 2. The first-order valence-corrected chi connectivity index (χ1v) is 11.1. The van der Waals surface area contributed by atoms with Crippen molar-refractivity contribution in [2.45, 2.75) is 51.4 Å². The Morgan fingerprint density at radius 2 is 1.31 bits per heavy atom. The van der Waals surface area contributed by atoms with E-state index in [2.05, 4.69) is 65.6 Å². The molecule has 0 amide bonds. The number of piperidine rings is 1. The standard InChI is InChI=1S/C26H35NO.ClH/c1(2-8-20-27-21-9-5-10-22-27)3-11-23-28-26-18-16-25(17-19-26)15-14-24-12-6-4-7-13-24;/h4,6-7,12-19H,1-3,5,8-11,20-23H2;1H/b15-14+;. The van der Waals surface area contributed by atoms with Gasteiger partial charge >= 0.3 is 0 Å². The van der Waals surface area contributed by atoms with Crippen LogP contribution in [0.2, 0.25) is 0 Å². The Morgan fingerprint density at radius 3 is 2.03 bits per heavy atom. The molecule has 3 heteroatoms. The van der Waals surface area contributed by atoms with Crippen molar-refractivity contribution in [2.75, 3.05) is 26.2 Å². The van der Waals surface area contributed by atoms with Crippen molar-refractivity contribution in [3.63, 3.8) is 0 Å². The average Bonchev–Trinajstić information content (AvgIpc) is 2.76. The lowest BCUT2D eigenvalue weighted by atomic mass is 10.1. The Labute approximate surface area is 183 Å². The van der Waals surface area contributed by atoms with Crippen molar-refractivity contribution in [1.29, 1.82) is 0 Å². The fourth-order valence-corrected chi connectivity index (χ4v) is 3.77. The smallest absolute Gasteiger partial charge is 0.119 e. The van der Waals surface area contributed by atoms with Crippen LogP contribution >= 0.6 is 12.4 Å². The van der Waals surface area contributed by atoms with E-state index >= 15 is 0 Å². The highest BCUT2D eigenvalue weighted by atomic mass is 35.5. The molecule has 3 rings (SSSR count). The van der Waals surface area contributed by atoms with Gasteiger partial charge in [-0.05, 0) is 68.6 Å². The molecule has 0 spiro atoms. The normalized spacial score (nSPS) is 14.6. The summed E-state index contributed by atoms with van der Waals surface area (Å²) < 4.78 is 5.89. The minimum absolute atomic E-state index is 0. The second-order valence-corrected chi connectivity index (χ2v) is 7.83. The second-order valence-electron chi connectivity index (χ2n) is 7.83. The highest BCUT2D eigenvalue weighted by molar-refractivity contribution is 5.85. The maximum atomic E-state index is 5.89. The summed E-state index contributed by atoms with van der Waals surface area (Å²) in [5.41, 5.74) is 2.42. The van der Waals surface area contributed by atoms with Crippen LogP contribution in [0.3, 0.4) is 0 Å². The molecule has 0 atom stereocenters. The SMILES string of the molecule is C(=C\c1ccc(OCCCCCCCN2CCCCC2)cc1)/c1ccccc1.Cl. The van der Waals surface area contributed by atoms with E-state index in [9.17, 15) is 0 Å². The molecule has 1 saturated heterocycles. The predicted molar refractivity (Wildman–Crippen MR) is 128 cm³/mol. The van der Waals surface area contributed by atoms with Crippen molar-refractivity contribution >= 4 is 24.6 Å². The summed E-state index contributed by atoms with van der Waals surface area (Å²) in [5, 5.41) is 0. The molecule has 2 nitrogen and oxygen atoms in total. The maximum absolute atomic E-state index is 5.89. The molecule has 1 aliphatic rings. The van der Waals surface area contributed by atoms with E-state index in [1.807, 2.05) is 6.07 Å². The highest BCUT2D eigenvalue weighted by Crippen LogP contribution is 2.16. The van der Waals surface area contributed by atoms with Gasteiger partial charge in [-0.15, -0.1) is 12.4 Å². The Kier molecular flexibility index (Phi) is 11.6. The summed E-state index contributed by atoms with van der Waals surface area (Å²) in [6.45, 7) is 4.79. The van der Waals surface area contributed by atoms with Crippen LogP contribution in [0.25, 0.3) is 12.2 Å². The fraction of sp³-hybridized carbons (Fsp3) is 0.462. The second kappa shape index (κ2) is 14.3. The first kappa shape index (κ1) is 23.5. The van der Waals surface area contributed by atoms with Gasteiger partial charge in [-0.25, -0.2) is 0 Å². The lowest BCUT2D eigenvalue weighted by Gasteiger charge is -2.26. The van der Waals surface area contributed by atoms with E-state index in [0.29, 0.717) is 0 Å². The third kappa shape index (κ3) is 9.51. The predicted octanol–water partition coefficient (Wildman–Crippen LogP) is 7.09. The van der Waals surface area contributed by atoms with E-state index in [0.717, 1.165) is 18.8 Å². The molecule has 0 aromatic heterocycles. The zero-order valence-electron chi connectivity index (χ0n) is 17.6. The monoisotopic (exact) mass is 413 g/mol. The minimum Gasteiger partial charge on any atom is -0.494 e. The summed E-state index contributed by atoms with van der Waals surface area (Å²) in [5.74, 6) is 0.974. The molecule has 0 aliphatic carbocycles. The van der Waals surface area contributed by atoms with Crippen LogP contribution in [0.4, 0.5) is 0 Å². The number of unbranched alkanes of at least 4 members (excludes halogenated alkanes) is 4. The van der Waals surface area contributed by atoms with Crippen molar-refractivity contribution in [2.24, 2.45) is 0 Å². The van der Waals surface area contributed by atoms with Gasteiger partial charge in [0.15, 0.2) is 0 Å². The summed E-state index contributed by atoms with van der Waals surface area (Å²) in [4.78, 5) is 2.64. The van der Waals surface area contributed by atoms with Crippen molar-refractivity contribution in [3.05, 3.63) is 65.7 Å². The molecule has 2 aromatic rings. The molecular weight excluding hydrogens is 378 g/mol. The lowest BCUT2D eigenvalue weighted by molar-refractivity contribution is 0.223. The van der Waals surface area contributed by atoms with Gasteiger partial charge in [-0.3, -0.25) is 0 Å². The average molecular weight is 414 g/mol. The first-order chi connectivity index (χ1) is 13.9. The van der Waals surface area contributed by atoms with Crippen LogP contribution < -0.4 is 4.74 Å². The Hall–Kier alpha value is -1.77.